The Labute approximate surface area is 295 Å². The standard InChI is InChI=1S/C38H28F12O3/c1-2-3-4-20-5-7-21(8-6-20)22-9-11-24(12-10-22)37(47,48)52-25-13-14-27(28(39)17-25)23-15-29(40)33(30(41)16-23)38(49,50)53-26-18-31(42)34(32(43)19-26)51-36(46)35(44)45/h2,9-21H,1,3-8H2. The van der Waals surface area contributed by atoms with Gasteiger partial charge in [0.2, 0.25) is 5.75 Å². The van der Waals surface area contributed by atoms with Crippen molar-refractivity contribution in [3.63, 3.8) is 0 Å². The van der Waals surface area contributed by atoms with Crippen LogP contribution in [-0.4, -0.2) is 0 Å². The molecule has 0 amide bonds. The number of alkyl halides is 4. The van der Waals surface area contributed by atoms with Crippen molar-refractivity contribution in [2.24, 2.45) is 5.92 Å². The highest BCUT2D eigenvalue weighted by Gasteiger charge is 2.42. The largest absolute Gasteiger partial charge is 0.432 e. The Balaban J connectivity index is 1.28. The summed E-state index contributed by atoms with van der Waals surface area (Å²) in [6, 6.07) is 5.51. The van der Waals surface area contributed by atoms with Crippen LogP contribution >= 0.6 is 0 Å². The Bertz CT molecular complexity index is 1940. The third-order valence-electron chi connectivity index (χ3n) is 8.73. The van der Waals surface area contributed by atoms with Crippen LogP contribution in [0.25, 0.3) is 11.1 Å². The highest BCUT2D eigenvalue weighted by molar-refractivity contribution is 5.66. The number of ether oxygens (including phenoxy) is 3. The van der Waals surface area contributed by atoms with Gasteiger partial charge in [0.1, 0.15) is 34.5 Å². The summed E-state index contributed by atoms with van der Waals surface area (Å²) in [5.41, 5.74) is -2.96. The van der Waals surface area contributed by atoms with Crippen LogP contribution in [-0.2, 0) is 12.2 Å². The number of allylic oxidation sites excluding steroid dienone is 1. The molecule has 1 fully saturated rings. The first-order valence-electron chi connectivity index (χ1n) is 16.0. The molecule has 53 heavy (non-hydrogen) atoms. The van der Waals surface area contributed by atoms with Crippen molar-refractivity contribution in [1.29, 1.82) is 0 Å². The second kappa shape index (κ2) is 15.9. The van der Waals surface area contributed by atoms with Gasteiger partial charge in [0.15, 0.2) is 11.6 Å². The van der Waals surface area contributed by atoms with Crippen LogP contribution in [0.2, 0.25) is 0 Å². The normalized spacial score (nSPS) is 16.2. The molecule has 0 heterocycles. The molecule has 0 saturated heterocycles. The minimum absolute atomic E-state index is 0.0599. The maximum Gasteiger partial charge on any atom is 0.432 e. The molecule has 4 aromatic carbocycles. The van der Waals surface area contributed by atoms with E-state index in [0.717, 1.165) is 56.2 Å². The molecular formula is C38H28F12O3. The summed E-state index contributed by atoms with van der Waals surface area (Å²) in [6.07, 6.45) is -4.18. The molecule has 3 nitrogen and oxygen atoms in total. The Kier molecular flexibility index (Phi) is 11.7. The first-order valence-corrected chi connectivity index (χ1v) is 16.0. The number of hydrogen-bond donors (Lipinski definition) is 0. The topological polar surface area (TPSA) is 27.7 Å². The van der Waals surface area contributed by atoms with E-state index < -0.39 is 92.9 Å². The highest BCUT2D eigenvalue weighted by Crippen LogP contribution is 2.41. The lowest BCUT2D eigenvalue weighted by molar-refractivity contribution is -0.189. The van der Waals surface area contributed by atoms with Crippen LogP contribution in [0.4, 0.5) is 52.7 Å². The van der Waals surface area contributed by atoms with Crippen LogP contribution in [0.15, 0.2) is 91.5 Å². The lowest BCUT2D eigenvalue weighted by atomic mass is 9.77. The van der Waals surface area contributed by atoms with E-state index in [1.807, 2.05) is 6.08 Å². The van der Waals surface area contributed by atoms with E-state index in [1.165, 1.54) is 12.1 Å². The summed E-state index contributed by atoms with van der Waals surface area (Å²) >= 11 is 0. The molecule has 0 atom stereocenters. The second-order valence-corrected chi connectivity index (χ2v) is 12.3. The van der Waals surface area contributed by atoms with Crippen molar-refractivity contribution in [3.05, 3.63) is 137 Å². The van der Waals surface area contributed by atoms with Crippen molar-refractivity contribution in [1.82, 2.24) is 0 Å². The van der Waals surface area contributed by atoms with E-state index in [1.54, 1.807) is 12.1 Å². The molecule has 4 aromatic rings. The second-order valence-electron chi connectivity index (χ2n) is 12.3. The molecule has 0 bridgehead atoms. The van der Waals surface area contributed by atoms with E-state index in [2.05, 4.69) is 16.1 Å². The van der Waals surface area contributed by atoms with Gasteiger partial charge in [0, 0.05) is 23.8 Å². The molecule has 0 radical (unpaired) electrons. The van der Waals surface area contributed by atoms with Gasteiger partial charge in [-0.3, -0.25) is 0 Å². The van der Waals surface area contributed by atoms with Gasteiger partial charge in [-0.25, -0.2) is 22.0 Å². The third kappa shape index (κ3) is 9.11. The Morgan fingerprint density at radius 3 is 1.79 bits per heavy atom. The predicted octanol–water partition coefficient (Wildman–Crippen LogP) is 13.0. The molecule has 0 aromatic heterocycles. The van der Waals surface area contributed by atoms with E-state index in [-0.39, 0.29) is 30.2 Å². The summed E-state index contributed by atoms with van der Waals surface area (Å²) in [5.74, 6) is -12.4. The molecule has 0 unspecified atom stereocenters. The fourth-order valence-electron chi connectivity index (χ4n) is 6.11. The van der Waals surface area contributed by atoms with Gasteiger partial charge in [0.25, 0.3) is 0 Å². The van der Waals surface area contributed by atoms with E-state index >= 15 is 13.2 Å². The number of halogens is 12. The lowest BCUT2D eigenvalue weighted by Crippen LogP contribution is -2.25. The molecule has 0 spiro atoms. The van der Waals surface area contributed by atoms with Gasteiger partial charge in [-0.05, 0) is 97.9 Å². The van der Waals surface area contributed by atoms with Gasteiger partial charge in [0.05, 0.1) is 5.56 Å². The number of hydrogen-bond acceptors (Lipinski definition) is 3. The molecular weight excluding hydrogens is 732 g/mol. The van der Waals surface area contributed by atoms with Gasteiger partial charge >= 0.3 is 24.3 Å². The highest BCUT2D eigenvalue weighted by atomic mass is 19.3. The molecule has 5 rings (SSSR count). The molecule has 0 aliphatic heterocycles. The van der Waals surface area contributed by atoms with Crippen molar-refractivity contribution in [2.45, 2.75) is 56.7 Å². The van der Waals surface area contributed by atoms with Crippen LogP contribution in [0.5, 0.6) is 17.2 Å². The summed E-state index contributed by atoms with van der Waals surface area (Å²) in [4.78, 5) is 0. The van der Waals surface area contributed by atoms with E-state index in [0.29, 0.717) is 12.0 Å². The SMILES string of the molecule is C=CCCC1CCC(c2ccc(C(F)(F)Oc3ccc(-c4cc(F)c(C(F)(F)Oc5cc(F)c(OC(F)=C(F)F)c(F)c5)c(F)c4)c(F)c3)cc2)CC1. The summed E-state index contributed by atoms with van der Waals surface area (Å²) in [7, 11) is 0. The smallest absolute Gasteiger partial charge is 0.429 e. The first kappa shape index (κ1) is 39.1. The fourth-order valence-corrected chi connectivity index (χ4v) is 6.11. The summed E-state index contributed by atoms with van der Waals surface area (Å²) < 4.78 is 183. The monoisotopic (exact) mass is 760 g/mol. The Morgan fingerprint density at radius 2 is 1.25 bits per heavy atom. The number of rotatable bonds is 13. The minimum atomic E-state index is -4.99. The predicted molar refractivity (Wildman–Crippen MR) is 169 cm³/mol. The average Bonchev–Trinajstić information content (AvgIpc) is 3.08. The fraction of sp³-hybridized carbons (Fsp3) is 0.263. The summed E-state index contributed by atoms with van der Waals surface area (Å²) in [6.45, 7) is 3.74. The maximum absolute atomic E-state index is 15.1. The molecule has 1 aliphatic carbocycles. The zero-order valence-electron chi connectivity index (χ0n) is 27.3. The zero-order chi connectivity index (χ0) is 38.7. The van der Waals surface area contributed by atoms with Gasteiger partial charge in [-0.1, -0.05) is 18.2 Å². The Hall–Kier alpha value is -5.08. The van der Waals surface area contributed by atoms with Crippen LogP contribution in [0.3, 0.4) is 0 Å². The molecule has 1 saturated carbocycles. The minimum Gasteiger partial charge on any atom is -0.429 e. The Morgan fingerprint density at radius 1 is 0.679 bits per heavy atom. The van der Waals surface area contributed by atoms with Crippen LogP contribution in [0, 0.1) is 35.0 Å². The first-order chi connectivity index (χ1) is 25.0. The molecule has 15 heteroatoms. The average molecular weight is 761 g/mol. The van der Waals surface area contributed by atoms with Crippen molar-refractivity contribution >= 4 is 0 Å². The zero-order valence-corrected chi connectivity index (χ0v) is 27.3. The molecule has 1 aliphatic rings. The molecule has 0 N–H and O–H groups in total. The van der Waals surface area contributed by atoms with Crippen LogP contribution in [0.1, 0.15) is 61.1 Å². The van der Waals surface area contributed by atoms with Crippen molar-refractivity contribution < 1.29 is 66.9 Å². The lowest BCUT2D eigenvalue weighted by Gasteiger charge is -2.29. The van der Waals surface area contributed by atoms with E-state index in [4.69, 9.17) is 4.74 Å². The van der Waals surface area contributed by atoms with Crippen LogP contribution < -0.4 is 14.2 Å². The van der Waals surface area contributed by atoms with Crippen molar-refractivity contribution in [2.75, 3.05) is 0 Å². The number of benzene rings is 4. The van der Waals surface area contributed by atoms with Gasteiger partial charge in [-0.2, -0.15) is 30.7 Å². The third-order valence-corrected chi connectivity index (χ3v) is 8.73. The summed E-state index contributed by atoms with van der Waals surface area (Å²) in [5, 5.41) is 0. The maximum atomic E-state index is 15.1. The van der Waals surface area contributed by atoms with Gasteiger partial charge < -0.3 is 14.2 Å². The molecule has 282 valence electrons. The van der Waals surface area contributed by atoms with E-state index in [9.17, 15) is 39.5 Å². The quantitative estimate of drug-likeness (QED) is 0.0772. The van der Waals surface area contributed by atoms with Crippen molar-refractivity contribution in [3.8, 4) is 28.4 Å². The van der Waals surface area contributed by atoms with Gasteiger partial charge in [-0.15, -0.1) is 6.58 Å².